The van der Waals surface area contributed by atoms with Gasteiger partial charge in [-0.2, -0.15) is 0 Å². The number of methoxy groups -OCH3 is 1. The summed E-state index contributed by atoms with van der Waals surface area (Å²) in [5, 5.41) is 0. The van der Waals surface area contributed by atoms with Gasteiger partial charge >= 0.3 is 0 Å². The van der Waals surface area contributed by atoms with Gasteiger partial charge in [0.05, 0.1) is 12.3 Å². The van der Waals surface area contributed by atoms with Crippen LogP contribution in [0.25, 0.3) is 0 Å². The first-order chi connectivity index (χ1) is 8.24. The summed E-state index contributed by atoms with van der Waals surface area (Å²) in [6, 6.07) is 5.73. The first-order valence-corrected chi connectivity index (χ1v) is 6.52. The minimum atomic E-state index is 0.609. The molecule has 0 N–H and O–H groups in total. The molecule has 17 heavy (non-hydrogen) atoms. The zero-order valence-corrected chi connectivity index (χ0v) is 11.4. The van der Waals surface area contributed by atoms with E-state index in [9.17, 15) is 4.79 Å². The molecule has 2 rings (SSSR count). The van der Waals surface area contributed by atoms with Crippen molar-refractivity contribution in [1.29, 1.82) is 0 Å². The topological polar surface area (TPSA) is 29.5 Å². The van der Waals surface area contributed by atoms with Gasteiger partial charge < -0.3 is 9.64 Å². The Bertz CT molecular complexity index is 408. The largest absolute Gasteiger partial charge is 0.384 e. The number of hydrogen-bond donors (Lipinski definition) is 0. The summed E-state index contributed by atoms with van der Waals surface area (Å²) in [5.41, 5.74) is 1.86. The van der Waals surface area contributed by atoms with Crippen molar-refractivity contribution < 1.29 is 9.53 Å². The van der Waals surface area contributed by atoms with Gasteiger partial charge in [-0.05, 0) is 40.5 Å². The van der Waals surface area contributed by atoms with Gasteiger partial charge in [0.15, 0.2) is 0 Å². The molecular weight excluding hydrogens is 282 g/mol. The van der Waals surface area contributed by atoms with Crippen molar-refractivity contribution in [3.8, 4) is 0 Å². The molecule has 1 heterocycles. The van der Waals surface area contributed by atoms with E-state index in [4.69, 9.17) is 4.74 Å². The number of ether oxygens (including phenoxy) is 1. The van der Waals surface area contributed by atoms with E-state index in [1.165, 1.54) is 0 Å². The number of benzene rings is 1. The number of aldehydes is 1. The van der Waals surface area contributed by atoms with E-state index in [-0.39, 0.29) is 0 Å². The van der Waals surface area contributed by atoms with Crippen LogP contribution < -0.4 is 4.90 Å². The Morgan fingerprint density at radius 3 is 3.06 bits per heavy atom. The highest BCUT2D eigenvalue weighted by Gasteiger charge is 2.23. The first kappa shape index (κ1) is 12.6. The van der Waals surface area contributed by atoms with Gasteiger partial charge in [0, 0.05) is 36.2 Å². The Morgan fingerprint density at radius 2 is 2.41 bits per heavy atom. The standard InChI is InChI=1S/C13H16BrNO2/c1-17-9-11-4-5-15(7-11)13-3-2-10(8-16)6-12(13)14/h2-3,6,8,11H,4-5,7,9H2,1H3. The highest BCUT2D eigenvalue weighted by molar-refractivity contribution is 9.10. The molecule has 1 fully saturated rings. The summed E-state index contributed by atoms with van der Waals surface area (Å²) in [5.74, 6) is 0.609. The molecule has 0 spiro atoms. The SMILES string of the molecule is COCC1CCN(c2ccc(C=O)cc2Br)C1. The van der Waals surface area contributed by atoms with Gasteiger partial charge in [-0.25, -0.2) is 0 Å². The van der Waals surface area contributed by atoms with Crippen molar-refractivity contribution in [3.63, 3.8) is 0 Å². The number of anilines is 1. The van der Waals surface area contributed by atoms with Crippen LogP contribution in [0.2, 0.25) is 0 Å². The molecule has 1 aromatic carbocycles. The molecule has 92 valence electrons. The highest BCUT2D eigenvalue weighted by Crippen LogP contribution is 2.31. The molecule has 0 aromatic heterocycles. The van der Waals surface area contributed by atoms with Crippen LogP contribution in [0.5, 0.6) is 0 Å². The van der Waals surface area contributed by atoms with Crippen molar-refractivity contribution in [2.24, 2.45) is 5.92 Å². The van der Waals surface area contributed by atoms with E-state index < -0.39 is 0 Å². The van der Waals surface area contributed by atoms with Crippen LogP contribution in [-0.4, -0.2) is 33.1 Å². The van der Waals surface area contributed by atoms with Crippen LogP contribution in [0.3, 0.4) is 0 Å². The number of hydrogen-bond acceptors (Lipinski definition) is 3. The van der Waals surface area contributed by atoms with Gasteiger partial charge in [-0.15, -0.1) is 0 Å². The molecule has 1 unspecified atom stereocenters. The van der Waals surface area contributed by atoms with Gasteiger partial charge in [-0.1, -0.05) is 0 Å². The van der Waals surface area contributed by atoms with E-state index in [0.29, 0.717) is 11.5 Å². The Hall–Kier alpha value is -0.870. The number of carbonyl (C=O) groups excluding carboxylic acids is 1. The fraction of sp³-hybridized carbons (Fsp3) is 0.462. The summed E-state index contributed by atoms with van der Waals surface area (Å²) >= 11 is 3.53. The summed E-state index contributed by atoms with van der Waals surface area (Å²) in [4.78, 5) is 13.0. The second kappa shape index (κ2) is 5.65. The van der Waals surface area contributed by atoms with Crippen LogP contribution in [-0.2, 0) is 4.74 Å². The molecule has 0 radical (unpaired) electrons. The second-order valence-electron chi connectivity index (χ2n) is 4.38. The third-order valence-electron chi connectivity index (χ3n) is 3.14. The third kappa shape index (κ3) is 2.87. The molecule has 1 aliphatic rings. The van der Waals surface area contributed by atoms with Crippen LogP contribution in [0.4, 0.5) is 5.69 Å². The number of nitrogens with zero attached hydrogens (tertiary/aromatic N) is 1. The molecule has 1 saturated heterocycles. The van der Waals surface area contributed by atoms with Gasteiger partial charge in [-0.3, -0.25) is 4.79 Å². The van der Waals surface area contributed by atoms with E-state index in [2.05, 4.69) is 20.8 Å². The fourth-order valence-electron chi connectivity index (χ4n) is 2.28. The zero-order chi connectivity index (χ0) is 12.3. The second-order valence-corrected chi connectivity index (χ2v) is 5.24. The lowest BCUT2D eigenvalue weighted by atomic mass is 10.1. The zero-order valence-electron chi connectivity index (χ0n) is 9.86. The molecule has 0 bridgehead atoms. The maximum absolute atomic E-state index is 10.7. The smallest absolute Gasteiger partial charge is 0.150 e. The fourth-order valence-corrected chi connectivity index (χ4v) is 2.92. The lowest BCUT2D eigenvalue weighted by Gasteiger charge is -2.20. The van der Waals surface area contributed by atoms with Gasteiger partial charge in [0.25, 0.3) is 0 Å². The molecule has 1 aliphatic heterocycles. The van der Waals surface area contributed by atoms with Crippen molar-refractivity contribution in [2.75, 3.05) is 31.7 Å². The van der Waals surface area contributed by atoms with E-state index in [1.807, 2.05) is 18.2 Å². The van der Waals surface area contributed by atoms with E-state index in [0.717, 1.165) is 42.6 Å². The van der Waals surface area contributed by atoms with Crippen molar-refractivity contribution in [3.05, 3.63) is 28.2 Å². The highest BCUT2D eigenvalue weighted by atomic mass is 79.9. The Morgan fingerprint density at radius 1 is 1.59 bits per heavy atom. The number of rotatable bonds is 4. The normalized spacial score (nSPS) is 19.6. The predicted molar refractivity (Wildman–Crippen MR) is 71.7 cm³/mol. The minimum absolute atomic E-state index is 0.609. The van der Waals surface area contributed by atoms with Crippen LogP contribution in [0.1, 0.15) is 16.8 Å². The average Bonchev–Trinajstić information content (AvgIpc) is 2.78. The lowest BCUT2D eigenvalue weighted by Crippen LogP contribution is -2.21. The molecule has 3 nitrogen and oxygen atoms in total. The molecular formula is C13H16BrNO2. The monoisotopic (exact) mass is 297 g/mol. The molecule has 0 amide bonds. The summed E-state index contributed by atoms with van der Waals surface area (Å²) in [7, 11) is 1.75. The first-order valence-electron chi connectivity index (χ1n) is 5.73. The van der Waals surface area contributed by atoms with Crippen molar-refractivity contribution in [2.45, 2.75) is 6.42 Å². The number of halogens is 1. The number of carbonyl (C=O) groups is 1. The summed E-state index contributed by atoms with van der Waals surface area (Å²) in [6.07, 6.45) is 2.03. The van der Waals surface area contributed by atoms with Gasteiger partial charge in [0.2, 0.25) is 0 Å². The van der Waals surface area contributed by atoms with Gasteiger partial charge in [0.1, 0.15) is 6.29 Å². The quantitative estimate of drug-likeness (QED) is 0.801. The molecule has 0 saturated carbocycles. The Balaban J connectivity index is 2.10. The molecule has 4 heteroatoms. The van der Waals surface area contributed by atoms with Crippen molar-refractivity contribution in [1.82, 2.24) is 0 Å². The summed E-state index contributed by atoms with van der Waals surface area (Å²) in [6.45, 7) is 2.89. The predicted octanol–water partition coefficient (Wildman–Crippen LogP) is 2.73. The minimum Gasteiger partial charge on any atom is -0.384 e. The Labute approximate surface area is 110 Å². The van der Waals surface area contributed by atoms with Crippen LogP contribution in [0, 0.1) is 5.92 Å². The third-order valence-corrected chi connectivity index (χ3v) is 3.77. The van der Waals surface area contributed by atoms with Crippen LogP contribution in [0.15, 0.2) is 22.7 Å². The lowest BCUT2D eigenvalue weighted by molar-refractivity contribution is 0.112. The average molecular weight is 298 g/mol. The molecule has 1 atom stereocenters. The van der Waals surface area contributed by atoms with E-state index >= 15 is 0 Å². The summed E-state index contributed by atoms with van der Waals surface area (Å²) < 4.78 is 6.18. The molecule has 0 aliphatic carbocycles. The maximum atomic E-state index is 10.7. The van der Waals surface area contributed by atoms with Crippen molar-refractivity contribution >= 4 is 27.9 Å². The maximum Gasteiger partial charge on any atom is 0.150 e. The molecule has 1 aromatic rings. The Kier molecular flexibility index (Phi) is 4.18. The van der Waals surface area contributed by atoms with E-state index in [1.54, 1.807) is 7.11 Å². The van der Waals surface area contributed by atoms with Crippen LogP contribution >= 0.6 is 15.9 Å².